The van der Waals surface area contributed by atoms with E-state index < -0.39 is 5.54 Å². The quantitative estimate of drug-likeness (QED) is 0.885. The third-order valence-electron chi connectivity index (χ3n) is 4.39. The van der Waals surface area contributed by atoms with Crippen LogP contribution in [0.15, 0.2) is 15.9 Å². The maximum atomic E-state index is 12.8. The van der Waals surface area contributed by atoms with Crippen LogP contribution in [0.5, 0.6) is 0 Å². The van der Waals surface area contributed by atoms with Crippen molar-refractivity contribution in [3.63, 3.8) is 0 Å². The Morgan fingerprint density at radius 1 is 1.43 bits per heavy atom. The summed E-state index contributed by atoms with van der Waals surface area (Å²) in [4.78, 5) is 27.9. The molecule has 1 saturated heterocycles. The minimum atomic E-state index is -0.691. The number of amides is 2. The van der Waals surface area contributed by atoms with Gasteiger partial charge in [-0.2, -0.15) is 0 Å². The van der Waals surface area contributed by atoms with Gasteiger partial charge >= 0.3 is 0 Å². The fourth-order valence-electron chi connectivity index (χ4n) is 2.95. The van der Waals surface area contributed by atoms with Crippen LogP contribution >= 0.6 is 27.3 Å². The van der Waals surface area contributed by atoms with E-state index in [-0.39, 0.29) is 11.8 Å². The number of halogens is 1. The molecule has 6 heteroatoms. The molecular formula is C15H19BrN2O2S. The SMILES string of the molecule is CC1(C2CC2)NC(=O)CCN(CCc2ccc(Br)s2)C1=O. The van der Waals surface area contributed by atoms with E-state index in [1.54, 1.807) is 11.3 Å². The van der Waals surface area contributed by atoms with Gasteiger partial charge in [0.1, 0.15) is 5.54 Å². The molecule has 1 N–H and O–H groups in total. The smallest absolute Gasteiger partial charge is 0.248 e. The second-order valence-electron chi connectivity index (χ2n) is 6.02. The lowest BCUT2D eigenvalue weighted by Crippen LogP contribution is -2.56. The highest BCUT2D eigenvalue weighted by atomic mass is 79.9. The van der Waals surface area contributed by atoms with Crippen molar-refractivity contribution >= 4 is 39.1 Å². The van der Waals surface area contributed by atoms with Gasteiger partial charge in [0.05, 0.1) is 3.79 Å². The van der Waals surface area contributed by atoms with E-state index >= 15 is 0 Å². The van der Waals surface area contributed by atoms with Crippen LogP contribution in [-0.4, -0.2) is 35.3 Å². The molecule has 1 aliphatic heterocycles. The van der Waals surface area contributed by atoms with Crippen molar-refractivity contribution < 1.29 is 9.59 Å². The zero-order chi connectivity index (χ0) is 15.0. The van der Waals surface area contributed by atoms with Crippen LogP contribution in [0.25, 0.3) is 0 Å². The fraction of sp³-hybridized carbons (Fsp3) is 0.600. The number of carbonyl (C=O) groups is 2. The molecule has 2 fully saturated rings. The Kier molecular flexibility index (Phi) is 4.10. The summed E-state index contributed by atoms with van der Waals surface area (Å²) in [7, 11) is 0. The Bertz CT molecular complexity index is 570. The van der Waals surface area contributed by atoms with Crippen molar-refractivity contribution in [3.05, 3.63) is 20.8 Å². The van der Waals surface area contributed by atoms with Crippen molar-refractivity contribution in [1.29, 1.82) is 0 Å². The molecule has 1 aliphatic carbocycles. The number of rotatable bonds is 4. The molecule has 1 aromatic rings. The normalized spacial score (nSPS) is 26.7. The van der Waals surface area contributed by atoms with Crippen molar-refractivity contribution in [2.24, 2.45) is 5.92 Å². The summed E-state index contributed by atoms with van der Waals surface area (Å²) in [5.41, 5.74) is -0.691. The van der Waals surface area contributed by atoms with E-state index in [9.17, 15) is 9.59 Å². The van der Waals surface area contributed by atoms with Crippen LogP contribution in [-0.2, 0) is 16.0 Å². The number of hydrogen-bond acceptors (Lipinski definition) is 3. The zero-order valence-electron chi connectivity index (χ0n) is 12.0. The molecule has 1 aromatic heterocycles. The summed E-state index contributed by atoms with van der Waals surface area (Å²) in [6, 6.07) is 4.12. The first-order valence-corrected chi connectivity index (χ1v) is 8.94. The summed E-state index contributed by atoms with van der Waals surface area (Å²) in [5.74, 6) is 0.399. The zero-order valence-corrected chi connectivity index (χ0v) is 14.4. The molecule has 4 nitrogen and oxygen atoms in total. The summed E-state index contributed by atoms with van der Waals surface area (Å²) in [6.07, 6.45) is 3.32. The van der Waals surface area contributed by atoms with E-state index in [4.69, 9.17) is 0 Å². The highest BCUT2D eigenvalue weighted by molar-refractivity contribution is 9.11. The predicted molar refractivity (Wildman–Crippen MR) is 86.2 cm³/mol. The Hall–Kier alpha value is -0.880. The van der Waals surface area contributed by atoms with Crippen LogP contribution in [0, 0.1) is 5.92 Å². The van der Waals surface area contributed by atoms with Crippen molar-refractivity contribution in [1.82, 2.24) is 10.2 Å². The molecule has 0 radical (unpaired) electrons. The van der Waals surface area contributed by atoms with Gasteiger partial charge in [-0.1, -0.05) is 0 Å². The monoisotopic (exact) mass is 370 g/mol. The molecule has 2 heterocycles. The molecule has 3 rings (SSSR count). The topological polar surface area (TPSA) is 49.4 Å². The fourth-order valence-corrected chi connectivity index (χ4v) is 4.43. The van der Waals surface area contributed by atoms with Gasteiger partial charge in [-0.15, -0.1) is 11.3 Å². The van der Waals surface area contributed by atoms with Crippen molar-refractivity contribution in [2.75, 3.05) is 13.1 Å². The lowest BCUT2D eigenvalue weighted by atomic mass is 9.94. The van der Waals surface area contributed by atoms with E-state index in [1.807, 2.05) is 17.9 Å². The van der Waals surface area contributed by atoms with Crippen LogP contribution in [0.3, 0.4) is 0 Å². The lowest BCUT2D eigenvalue weighted by molar-refractivity contribution is -0.139. The average Bonchev–Trinajstić information content (AvgIpc) is 3.22. The average molecular weight is 371 g/mol. The Morgan fingerprint density at radius 2 is 2.19 bits per heavy atom. The van der Waals surface area contributed by atoms with E-state index in [0.717, 1.165) is 23.0 Å². The Balaban J connectivity index is 1.71. The van der Waals surface area contributed by atoms with Crippen molar-refractivity contribution in [3.8, 4) is 0 Å². The largest absolute Gasteiger partial charge is 0.342 e. The van der Waals surface area contributed by atoms with Crippen LogP contribution in [0.1, 0.15) is 31.1 Å². The number of hydrogen-bond donors (Lipinski definition) is 1. The van der Waals surface area contributed by atoms with Gasteiger partial charge in [0.2, 0.25) is 11.8 Å². The molecule has 2 amide bonds. The van der Waals surface area contributed by atoms with Gasteiger partial charge in [-0.3, -0.25) is 9.59 Å². The standard InChI is InChI=1S/C15H19BrN2O2S/c1-15(10-2-3-10)14(20)18(9-7-13(19)17-15)8-6-11-4-5-12(16)21-11/h4-5,10H,2-3,6-9H2,1H3,(H,17,19). The highest BCUT2D eigenvalue weighted by Gasteiger charge is 2.50. The minimum Gasteiger partial charge on any atom is -0.342 e. The Labute approximate surface area is 137 Å². The number of nitrogens with zero attached hydrogens (tertiary/aromatic N) is 1. The first-order valence-electron chi connectivity index (χ1n) is 7.33. The van der Waals surface area contributed by atoms with Gasteiger partial charge in [-0.25, -0.2) is 0 Å². The predicted octanol–water partition coefficient (Wildman–Crippen LogP) is 2.57. The first-order chi connectivity index (χ1) is 9.99. The molecule has 1 unspecified atom stereocenters. The molecule has 1 atom stereocenters. The van der Waals surface area contributed by atoms with Gasteiger partial charge in [0.15, 0.2) is 0 Å². The summed E-state index contributed by atoms with van der Waals surface area (Å²) >= 11 is 5.16. The third kappa shape index (κ3) is 3.16. The second-order valence-corrected chi connectivity index (χ2v) is 8.57. The number of nitrogens with one attached hydrogen (secondary N) is 1. The van der Waals surface area contributed by atoms with E-state index in [2.05, 4.69) is 27.3 Å². The summed E-state index contributed by atoms with van der Waals surface area (Å²) in [5, 5.41) is 2.96. The highest BCUT2D eigenvalue weighted by Crippen LogP contribution is 2.41. The summed E-state index contributed by atoms with van der Waals surface area (Å²) < 4.78 is 1.11. The summed E-state index contributed by atoms with van der Waals surface area (Å²) in [6.45, 7) is 3.10. The van der Waals surface area contributed by atoms with Gasteiger partial charge in [-0.05, 0) is 60.2 Å². The maximum Gasteiger partial charge on any atom is 0.248 e. The molecule has 114 valence electrons. The molecule has 0 bridgehead atoms. The molecule has 0 spiro atoms. The van der Waals surface area contributed by atoms with Crippen LogP contribution < -0.4 is 5.32 Å². The Morgan fingerprint density at radius 3 is 2.81 bits per heavy atom. The van der Waals surface area contributed by atoms with Gasteiger partial charge in [0, 0.05) is 24.4 Å². The van der Waals surface area contributed by atoms with Crippen LogP contribution in [0.2, 0.25) is 0 Å². The molecule has 21 heavy (non-hydrogen) atoms. The molecule has 1 saturated carbocycles. The molecule has 2 aliphatic rings. The maximum absolute atomic E-state index is 12.8. The van der Waals surface area contributed by atoms with E-state index in [0.29, 0.717) is 25.4 Å². The first kappa shape index (κ1) is 15.0. The van der Waals surface area contributed by atoms with Gasteiger partial charge in [0.25, 0.3) is 0 Å². The second kappa shape index (κ2) is 5.72. The van der Waals surface area contributed by atoms with Crippen molar-refractivity contribution in [2.45, 2.75) is 38.1 Å². The lowest BCUT2D eigenvalue weighted by Gasteiger charge is -2.32. The minimum absolute atomic E-state index is 0.000817. The molecular weight excluding hydrogens is 352 g/mol. The van der Waals surface area contributed by atoms with Crippen LogP contribution in [0.4, 0.5) is 0 Å². The third-order valence-corrected chi connectivity index (χ3v) is 6.07. The number of carbonyl (C=O) groups excluding carboxylic acids is 2. The number of thiophene rings is 1. The van der Waals surface area contributed by atoms with E-state index in [1.165, 1.54) is 4.88 Å². The molecule has 0 aromatic carbocycles. The van der Waals surface area contributed by atoms with Gasteiger partial charge < -0.3 is 10.2 Å².